The average molecular weight is 546 g/mol. The van der Waals surface area contributed by atoms with Gasteiger partial charge in [0.2, 0.25) is 5.91 Å². The van der Waals surface area contributed by atoms with Gasteiger partial charge in [-0.05, 0) is 41.0 Å². The number of hydrogen-bond donors (Lipinski definition) is 1. The summed E-state index contributed by atoms with van der Waals surface area (Å²) in [6, 6.07) is 12.5. The van der Waals surface area contributed by atoms with Gasteiger partial charge in [-0.2, -0.15) is 0 Å². The van der Waals surface area contributed by atoms with Crippen molar-refractivity contribution in [1.82, 2.24) is 10.2 Å². The number of esters is 1. The number of methoxy groups -OCH3 is 1. The van der Waals surface area contributed by atoms with Crippen LogP contribution in [0.3, 0.4) is 0 Å². The number of carbonyl (C=O) groups is 3. The number of ether oxygens (including phenoxy) is 2. The van der Waals surface area contributed by atoms with Crippen LogP contribution in [0.2, 0.25) is 0 Å². The molecule has 40 heavy (non-hydrogen) atoms. The molecule has 3 aliphatic rings. The quantitative estimate of drug-likeness (QED) is 0.451. The van der Waals surface area contributed by atoms with Gasteiger partial charge in [-0.1, -0.05) is 74.5 Å². The smallest absolute Gasteiger partial charge is 0.407 e. The molecule has 1 fully saturated rings. The Morgan fingerprint density at radius 2 is 1.82 bits per heavy atom. The molecule has 9 nitrogen and oxygen atoms in total. The van der Waals surface area contributed by atoms with E-state index in [1.54, 1.807) is 0 Å². The number of nitrogens with one attached hydrogen (secondary N) is 1. The monoisotopic (exact) mass is 545 g/mol. The zero-order chi connectivity index (χ0) is 28.4. The summed E-state index contributed by atoms with van der Waals surface area (Å²) in [7, 11) is 1.29. The van der Waals surface area contributed by atoms with Crippen LogP contribution in [0.5, 0.6) is 0 Å². The summed E-state index contributed by atoms with van der Waals surface area (Å²) < 4.78 is 10.4. The third kappa shape index (κ3) is 5.46. The highest BCUT2D eigenvalue weighted by Crippen LogP contribution is 2.38. The lowest BCUT2D eigenvalue weighted by molar-refractivity contribution is -0.152. The van der Waals surface area contributed by atoms with Crippen LogP contribution >= 0.6 is 0 Å². The van der Waals surface area contributed by atoms with Crippen molar-refractivity contribution >= 4 is 29.8 Å². The number of hydrogen-bond acceptors (Lipinski definition) is 7. The minimum atomic E-state index is -0.926. The van der Waals surface area contributed by atoms with E-state index in [1.807, 2.05) is 51.1 Å². The predicted octanol–water partition coefficient (Wildman–Crippen LogP) is 4.53. The molecule has 2 aromatic rings. The molecule has 0 spiro atoms. The van der Waals surface area contributed by atoms with Gasteiger partial charge in [0.15, 0.2) is 0 Å². The number of rotatable bonds is 1. The van der Waals surface area contributed by atoms with Gasteiger partial charge in [0.1, 0.15) is 23.9 Å². The molecule has 210 valence electrons. The zero-order valence-corrected chi connectivity index (χ0v) is 23.3. The van der Waals surface area contributed by atoms with Gasteiger partial charge >= 0.3 is 12.1 Å². The van der Waals surface area contributed by atoms with E-state index in [0.29, 0.717) is 18.6 Å². The van der Waals surface area contributed by atoms with Crippen LogP contribution in [0.25, 0.3) is 17.2 Å². The number of amides is 2. The SMILES string of the molecule is COC(=O)[C@@H]1C[C@@H]2CN1C(=O)[C@H](C(C)(C)C)NC(=O)OCCCC=Cc1ccc3c(c1)C(=NO2)c1ccccc1-3. The maximum Gasteiger partial charge on any atom is 0.407 e. The fourth-order valence-corrected chi connectivity index (χ4v) is 5.43. The van der Waals surface area contributed by atoms with Gasteiger partial charge in [0.05, 0.1) is 20.3 Å². The Balaban J connectivity index is 1.53. The maximum absolute atomic E-state index is 13.8. The first-order valence-corrected chi connectivity index (χ1v) is 13.6. The molecule has 2 amide bonds. The minimum absolute atomic E-state index is 0.121. The lowest BCUT2D eigenvalue weighted by atomic mass is 9.85. The Hall–Kier alpha value is -4.14. The number of carbonyl (C=O) groups excluding carboxylic acids is 3. The summed E-state index contributed by atoms with van der Waals surface area (Å²) in [5.74, 6) is -0.946. The molecule has 3 atom stereocenters. The fourth-order valence-electron chi connectivity index (χ4n) is 5.43. The summed E-state index contributed by atoms with van der Waals surface area (Å²) >= 11 is 0. The number of nitrogens with zero attached hydrogens (tertiary/aromatic N) is 2. The predicted molar refractivity (Wildman–Crippen MR) is 151 cm³/mol. The molecule has 0 aromatic heterocycles. The van der Waals surface area contributed by atoms with Gasteiger partial charge in [0, 0.05) is 17.5 Å². The Labute approximate surface area is 234 Å². The third-order valence-corrected chi connectivity index (χ3v) is 7.52. The van der Waals surface area contributed by atoms with Crippen LogP contribution in [-0.4, -0.2) is 67.0 Å². The van der Waals surface area contributed by atoms with Crippen LogP contribution in [0, 0.1) is 5.41 Å². The average Bonchev–Trinajstić information content (AvgIpc) is 3.49. The van der Waals surface area contributed by atoms with E-state index in [0.717, 1.165) is 27.8 Å². The van der Waals surface area contributed by atoms with Gasteiger partial charge in [-0.3, -0.25) is 4.79 Å². The highest BCUT2D eigenvalue weighted by atomic mass is 16.6. The number of alkyl carbamates (subject to hydrolysis) is 1. The van der Waals surface area contributed by atoms with E-state index in [1.165, 1.54) is 12.0 Å². The molecule has 9 heteroatoms. The van der Waals surface area contributed by atoms with Crippen LogP contribution in [0.1, 0.15) is 56.7 Å². The van der Waals surface area contributed by atoms with Gasteiger partial charge < -0.3 is 24.5 Å². The molecular weight excluding hydrogens is 510 g/mol. The molecule has 2 aliphatic heterocycles. The molecule has 2 heterocycles. The van der Waals surface area contributed by atoms with Crippen molar-refractivity contribution in [3.63, 3.8) is 0 Å². The van der Waals surface area contributed by atoms with Gasteiger partial charge in [0.25, 0.3) is 0 Å². The van der Waals surface area contributed by atoms with E-state index in [2.05, 4.69) is 34.7 Å². The van der Waals surface area contributed by atoms with Crippen molar-refractivity contribution in [1.29, 1.82) is 0 Å². The number of cyclic esters (lactones) is 1. The first-order chi connectivity index (χ1) is 19.2. The van der Waals surface area contributed by atoms with Crippen molar-refractivity contribution < 1.29 is 28.7 Å². The minimum Gasteiger partial charge on any atom is -0.467 e. The van der Waals surface area contributed by atoms with E-state index in [-0.39, 0.29) is 19.6 Å². The lowest BCUT2D eigenvalue weighted by Crippen LogP contribution is -2.57. The molecule has 0 saturated carbocycles. The fraction of sp³-hybridized carbons (Fsp3) is 0.419. The van der Waals surface area contributed by atoms with E-state index < -0.39 is 41.6 Å². The normalized spacial score (nSPS) is 23.1. The molecule has 2 aromatic carbocycles. The van der Waals surface area contributed by atoms with Gasteiger partial charge in [-0.25, -0.2) is 9.59 Å². The van der Waals surface area contributed by atoms with Crippen LogP contribution in [0.15, 0.2) is 53.7 Å². The van der Waals surface area contributed by atoms with E-state index in [9.17, 15) is 14.4 Å². The molecule has 0 unspecified atom stereocenters. The lowest BCUT2D eigenvalue weighted by Gasteiger charge is -2.34. The second-order valence-corrected chi connectivity index (χ2v) is 11.4. The number of oxime groups is 1. The molecule has 5 rings (SSSR count). The highest BCUT2D eigenvalue weighted by Gasteiger charge is 2.46. The number of allylic oxidation sites excluding steroid dienone is 1. The van der Waals surface area contributed by atoms with Crippen molar-refractivity contribution in [2.45, 2.75) is 58.2 Å². The Morgan fingerprint density at radius 3 is 2.58 bits per heavy atom. The summed E-state index contributed by atoms with van der Waals surface area (Å²) in [5, 5.41) is 7.33. The molecular formula is C31H35N3O6. The van der Waals surface area contributed by atoms with Crippen molar-refractivity contribution in [2.75, 3.05) is 20.3 Å². The summed E-state index contributed by atoms with van der Waals surface area (Å²) in [6.45, 7) is 5.88. The second kappa shape index (κ2) is 11.2. The van der Waals surface area contributed by atoms with E-state index >= 15 is 0 Å². The molecule has 1 N–H and O–H groups in total. The first kappa shape index (κ1) is 27.4. The first-order valence-electron chi connectivity index (χ1n) is 13.6. The second-order valence-electron chi connectivity index (χ2n) is 11.4. The van der Waals surface area contributed by atoms with Crippen molar-refractivity contribution in [3.8, 4) is 11.1 Å². The maximum atomic E-state index is 13.8. The van der Waals surface area contributed by atoms with Gasteiger partial charge in [-0.15, -0.1) is 0 Å². The molecule has 4 bridgehead atoms. The number of fused-ring (bicyclic) bond motifs is 6. The van der Waals surface area contributed by atoms with Crippen LogP contribution in [-0.2, 0) is 23.9 Å². The molecule has 0 radical (unpaired) electrons. The largest absolute Gasteiger partial charge is 0.467 e. The summed E-state index contributed by atoms with van der Waals surface area (Å²) in [4.78, 5) is 46.7. The third-order valence-electron chi connectivity index (χ3n) is 7.52. The summed E-state index contributed by atoms with van der Waals surface area (Å²) in [5.41, 5.74) is 5.16. The van der Waals surface area contributed by atoms with E-state index in [4.69, 9.17) is 14.3 Å². The zero-order valence-electron chi connectivity index (χ0n) is 23.3. The summed E-state index contributed by atoms with van der Waals surface area (Å²) in [6.07, 6.45) is 4.43. The Kier molecular flexibility index (Phi) is 7.65. The number of benzene rings is 2. The van der Waals surface area contributed by atoms with Crippen LogP contribution < -0.4 is 5.32 Å². The van der Waals surface area contributed by atoms with Crippen molar-refractivity contribution in [2.24, 2.45) is 10.6 Å². The standard InChI is InChI=1S/C31H35N3O6/c1-31(2,3)27-28(35)34-18-20(17-25(34)29(36)38-4)40-33-26-23-12-8-7-11-21(23)22-14-13-19(16-24(22)26)10-6-5-9-15-39-30(37)32-27/h6-8,10-14,16,20,25,27H,5,9,15,17-18H2,1-4H3,(H,32,37)/t20-,25+,27-/m1/s1. The molecule has 1 saturated heterocycles. The Morgan fingerprint density at radius 1 is 1.07 bits per heavy atom. The van der Waals surface area contributed by atoms with Crippen molar-refractivity contribution in [3.05, 3.63) is 65.2 Å². The Bertz CT molecular complexity index is 1380. The molecule has 1 aliphatic carbocycles. The highest BCUT2D eigenvalue weighted by molar-refractivity contribution is 6.24. The van der Waals surface area contributed by atoms with Crippen LogP contribution in [0.4, 0.5) is 4.79 Å². The topological polar surface area (TPSA) is 107 Å².